The molecule has 2 aromatic rings. The maximum absolute atomic E-state index is 13.8. The molecule has 1 aliphatic heterocycles. The number of ether oxygens (including phenoxy) is 2. The van der Waals surface area contributed by atoms with E-state index in [4.69, 9.17) is 21.7 Å². The van der Waals surface area contributed by atoms with Gasteiger partial charge in [-0.05, 0) is 56.4 Å². The number of thiocarbonyl (C=S) groups is 1. The normalized spacial score (nSPS) is 17.7. The van der Waals surface area contributed by atoms with Gasteiger partial charge < -0.3 is 20.1 Å². The second-order valence-electron chi connectivity index (χ2n) is 6.74. The Kier molecular flexibility index (Phi) is 5.00. The van der Waals surface area contributed by atoms with Crippen LogP contribution >= 0.6 is 12.2 Å². The Balaban J connectivity index is 1.81. The fraction of sp³-hybridized carbons (Fsp3) is 0.316. The monoisotopic (exact) mass is 378 g/mol. The van der Waals surface area contributed by atoms with Crippen LogP contribution in [-0.2, 0) is 0 Å². The van der Waals surface area contributed by atoms with Crippen molar-refractivity contribution in [2.45, 2.75) is 31.9 Å². The van der Waals surface area contributed by atoms with Gasteiger partial charge in [-0.2, -0.15) is 0 Å². The number of rotatable bonds is 3. The topological polar surface area (TPSA) is 42.5 Å². The molecule has 2 N–H and O–H groups in total. The molecular weight excluding hydrogens is 358 g/mol. The van der Waals surface area contributed by atoms with Gasteiger partial charge in [0, 0.05) is 18.1 Å². The summed E-state index contributed by atoms with van der Waals surface area (Å²) in [6, 6.07) is 8.73. The summed E-state index contributed by atoms with van der Waals surface area (Å²) in [5, 5.41) is 6.22. The lowest BCUT2D eigenvalue weighted by atomic mass is 9.89. The van der Waals surface area contributed by atoms with E-state index in [9.17, 15) is 8.78 Å². The summed E-state index contributed by atoms with van der Waals surface area (Å²) in [7, 11) is 1.60. The van der Waals surface area contributed by atoms with E-state index < -0.39 is 17.2 Å². The molecule has 2 aromatic carbocycles. The molecule has 0 aliphatic carbocycles. The van der Waals surface area contributed by atoms with E-state index in [2.05, 4.69) is 10.6 Å². The molecule has 0 radical (unpaired) electrons. The summed E-state index contributed by atoms with van der Waals surface area (Å²) in [5.74, 6) is 0.111. The maximum Gasteiger partial charge on any atom is 0.171 e. The van der Waals surface area contributed by atoms with Gasteiger partial charge in [-0.3, -0.25) is 0 Å². The molecule has 1 atom stereocenters. The third-order valence-electron chi connectivity index (χ3n) is 4.16. The fourth-order valence-electron chi connectivity index (χ4n) is 3.00. The highest BCUT2D eigenvalue weighted by Crippen LogP contribution is 2.41. The molecule has 0 saturated carbocycles. The number of nitrogens with one attached hydrogen (secondary N) is 2. The number of hydrogen-bond acceptors (Lipinski definition) is 3. The minimum absolute atomic E-state index is 0.112. The smallest absolute Gasteiger partial charge is 0.171 e. The van der Waals surface area contributed by atoms with E-state index in [0.717, 1.165) is 17.4 Å². The summed E-state index contributed by atoms with van der Waals surface area (Å²) in [6.45, 7) is 3.98. The van der Waals surface area contributed by atoms with Crippen molar-refractivity contribution in [1.82, 2.24) is 5.32 Å². The van der Waals surface area contributed by atoms with E-state index in [1.807, 2.05) is 32.0 Å². The third kappa shape index (κ3) is 4.04. The molecule has 0 amide bonds. The van der Waals surface area contributed by atoms with Gasteiger partial charge >= 0.3 is 0 Å². The number of halogens is 2. The highest BCUT2D eigenvalue weighted by atomic mass is 32.1. The van der Waals surface area contributed by atoms with Crippen molar-refractivity contribution in [3.8, 4) is 11.5 Å². The number of fused-ring (bicyclic) bond motifs is 1. The molecule has 26 heavy (non-hydrogen) atoms. The summed E-state index contributed by atoms with van der Waals surface area (Å²) >= 11 is 5.32. The van der Waals surface area contributed by atoms with Gasteiger partial charge in [0.25, 0.3) is 0 Å². The van der Waals surface area contributed by atoms with Gasteiger partial charge in [-0.25, -0.2) is 8.78 Å². The van der Waals surface area contributed by atoms with Crippen LogP contribution in [-0.4, -0.2) is 17.8 Å². The first kappa shape index (κ1) is 18.4. The van der Waals surface area contributed by atoms with Gasteiger partial charge in [-0.1, -0.05) is 0 Å². The number of benzene rings is 2. The quantitative estimate of drug-likeness (QED) is 0.767. The van der Waals surface area contributed by atoms with Crippen LogP contribution < -0.4 is 20.1 Å². The standard InChI is InChI=1S/C19H20F2N2O2S/c1-19(2)10-16(13-9-12(24-3)5-7-17(13)25-19)23-18(26)22-15-6-4-11(20)8-14(15)21/h4-9,16H,10H2,1-3H3,(H2,22,23,26)/t16-/m1/s1. The van der Waals surface area contributed by atoms with Gasteiger partial charge in [0.1, 0.15) is 28.7 Å². The summed E-state index contributed by atoms with van der Waals surface area (Å²) in [5.41, 5.74) is 0.629. The molecule has 0 fully saturated rings. The lowest BCUT2D eigenvalue weighted by Crippen LogP contribution is -2.42. The van der Waals surface area contributed by atoms with Crippen LogP contribution in [0.15, 0.2) is 36.4 Å². The van der Waals surface area contributed by atoms with Crippen molar-refractivity contribution in [1.29, 1.82) is 0 Å². The average molecular weight is 378 g/mol. The first-order chi connectivity index (χ1) is 12.3. The fourth-order valence-corrected chi connectivity index (χ4v) is 3.25. The molecule has 0 aromatic heterocycles. The van der Waals surface area contributed by atoms with Crippen LogP contribution in [0.3, 0.4) is 0 Å². The highest BCUT2D eigenvalue weighted by molar-refractivity contribution is 7.80. The van der Waals surface area contributed by atoms with E-state index >= 15 is 0 Å². The van der Waals surface area contributed by atoms with Crippen molar-refractivity contribution in [3.05, 3.63) is 53.6 Å². The molecule has 0 saturated heterocycles. The number of anilines is 1. The van der Waals surface area contributed by atoms with E-state index in [-0.39, 0.29) is 16.8 Å². The molecular formula is C19H20F2N2O2S. The largest absolute Gasteiger partial charge is 0.497 e. The SMILES string of the molecule is COc1ccc2c(c1)[C@H](NC(=S)Nc1ccc(F)cc1F)CC(C)(C)O2. The average Bonchev–Trinajstić information content (AvgIpc) is 2.56. The van der Waals surface area contributed by atoms with Crippen molar-refractivity contribution in [2.75, 3.05) is 12.4 Å². The zero-order chi connectivity index (χ0) is 18.9. The Labute approximate surface area is 156 Å². The Morgan fingerprint density at radius 1 is 1.23 bits per heavy atom. The van der Waals surface area contributed by atoms with Crippen LogP contribution in [0.1, 0.15) is 31.9 Å². The molecule has 138 valence electrons. The van der Waals surface area contributed by atoms with Crippen LogP contribution in [0.2, 0.25) is 0 Å². The molecule has 0 bridgehead atoms. The van der Waals surface area contributed by atoms with Crippen LogP contribution in [0.4, 0.5) is 14.5 Å². The summed E-state index contributed by atoms with van der Waals surface area (Å²) in [6.07, 6.45) is 0.654. The molecule has 0 unspecified atom stereocenters. The maximum atomic E-state index is 13.8. The first-order valence-electron chi connectivity index (χ1n) is 8.17. The van der Waals surface area contributed by atoms with Crippen molar-refractivity contribution < 1.29 is 18.3 Å². The van der Waals surface area contributed by atoms with Crippen LogP contribution in [0, 0.1) is 11.6 Å². The minimum atomic E-state index is -0.705. The third-order valence-corrected chi connectivity index (χ3v) is 4.38. The van der Waals surface area contributed by atoms with Gasteiger partial charge in [0.05, 0.1) is 18.8 Å². The zero-order valence-electron chi connectivity index (χ0n) is 14.7. The molecule has 7 heteroatoms. The lowest BCUT2D eigenvalue weighted by molar-refractivity contribution is 0.0695. The summed E-state index contributed by atoms with van der Waals surface area (Å²) < 4.78 is 38.2. The van der Waals surface area contributed by atoms with Crippen molar-refractivity contribution in [2.24, 2.45) is 0 Å². The predicted molar refractivity (Wildman–Crippen MR) is 101 cm³/mol. The Morgan fingerprint density at radius 2 is 2.00 bits per heavy atom. The van der Waals surface area contributed by atoms with Crippen molar-refractivity contribution in [3.63, 3.8) is 0 Å². The minimum Gasteiger partial charge on any atom is -0.497 e. The van der Waals surface area contributed by atoms with E-state index in [0.29, 0.717) is 12.2 Å². The van der Waals surface area contributed by atoms with Gasteiger partial charge in [0.2, 0.25) is 0 Å². The van der Waals surface area contributed by atoms with Gasteiger partial charge in [0.15, 0.2) is 5.11 Å². The lowest BCUT2D eigenvalue weighted by Gasteiger charge is -2.38. The zero-order valence-corrected chi connectivity index (χ0v) is 15.5. The molecule has 0 spiro atoms. The molecule has 3 rings (SSSR count). The molecule has 1 heterocycles. The summed E-state index contributed by atoms with van der Waals surface area (Å²) in [4.78, 5) is 0. The predicted octanol–water partition coefficient (Wildman–Crippen LogP) is 4.56. The molecule has 1 aliphatic rings. The Morgan fingerprint density at radius 3 is 2.69 bits per heavy atom. The second kappa shape index (κ2) is 7.07. The first-order valence-corrected chi connectivity index (χ1v) is 8.58. The van der Waals surface area contributed by atoms with Crippen LogP contribution in [0.5, 0.6) is 11.5 Å². The van der Waals surface area contributed by atoms with Gasteiger partial charge in [-0.15, -0.1) is 0 Å². The number of hydrogen-bond donors (Lipinski definition) is 2. The number of methoxy groups -OCH3 is 1. The van der Waals surface area contributed by atoms with Crippen LogP contribution in [0.25, 0.3) is 0 Å². The van der Waals surface area contributed by atoms with E-state index in [1.54, 1.807) is 7.11 Å². The Bertz CT molecular complexity index is 842. The van der Waals surface area contributed by atoms with E-state index in [1.165, 1.54) is 12.1 Å². The Hall–Kier alpha value is -2.41. The van der Waals surface area contributed by atoms with Crippen molar-refractivity contribution >= 4 is 23.0 Å². The highest BCUT2D eigenvalue weighted by Gasteiger charge is 2.34. The molecule has 4 nitrogen and oxygen atoms in total. The second-order valence-corrected chi connectivity index (χ2v) is 7.15.